The molecule has 136 valence electrons. The van der Waals surface area contributed by atoms with Crippen LogP contribution in [0.5, 0.6) is 0 Å². The maximum atomic E-state index is 12.1. The zero-order chi connectivity index (χ0) is 18.0. The van der Waals surface area contributed by atoms with E-state index < -0.39 is 0 Å². The second-order valence-electron chi connectivity index (χ2n) is 6.27. The number of rotatable bonds is 6. The molecule has 2 aromatic rings. The molecule has 25 heavy (non-hydrogen) atoms. The molecule has 1 atom stereocenters. The molecule has 0 bridgehead atoms. The van der Waals surface area contributed by atoms with Gasteiger partial charge in [-0.3, -0.25) is 13.9 Å². The molecule has 3 rings (SSSR count). The third kappa shape index (κ3) is 3.52. The van der Waals surface area contributed by atoms with Gasteiger partial charge < -0.3 is 19.5 Å². The van der Waals surface area contributed by atoms with E-state index in [4.69, 9.17) is 9.26 Å². The summed E-state index contributed by atoms with van der Waals surface area (Å²) in [5, 5.41) is 7.40. The highest BCUT2D eigenvalue weighted by atomic mass is 16.5. The second kappa shape index (κ2) is 7.24. The Morgan fingerprint density at radius 3 is 2.92 bits per heavy atom. The summed E-state index contributed by atoms with van der Waals surface area (Å²) in [6.45, 7) is 2.56. The van der Waals surface area contributed by atoms with Gasteiger partial charge in [-0.05, 0) is 6.42 Å². The third-order valence-electron chi connectivity index (χ3n) is 4.60. The number of ether oxygens (including phenoxy) is 1. The lowest BCUT2D eigenvalue weighted by Crippen LogP contribution is -2.40. The fourth-order valence-corrected chi connectivity index (χ4v) is 3.09. The highest BCUT2D eigenvalue weighted by Gasteiger charge is 2.25. The lowest BCUT2D eigenvalue weighted by molar-refractivity contribution is 0.176. The molecule has 0 spiro atoms. The van der Waals surface area contributed by atoms with Crippen molar-refractivity contribution in [2.24, 2.45) is 14.1 Å². The van der Waals surface area contributed by atoms with E-state index in [1.807, 2.05) is 0 Å². The zero-order valence-electron chi connectivity index (χ0n) is 14.7. The van der Waals surface area contributed by atoms with Crippen LogP contribution in [-0.2, 0) is 32.0 Å². The Morgan fingerprint density at radius 1 is 1.36 bits per heavy atom. The van der Waals surface area contributed by atoms with Gasteiger partial charge in [0.2, 0.25) is 0 Å². The van der Waals surface area contributed by atoms with Crippen LogP contribution in [0.25, 0.3) is 0 Å². The number of methoxy groups -OCH3 is 1. The Labute approximate surface area is 144 Å². The van der Waals surface area contributed by atoms with Gasteiger partial charge in [-0.15, -0.1) is 0 Å². The lowest BCUT2D eigenvalue weighted by atomic mass is 10.2. The maximum absolute atomic E-state index is 12.1. The normalized spacial score (nSPS) is 17.4. The molecule has 1 aliphatic heterocycles. The van der Waals surface area contributed by atoms with Gasteiger partial charge in [-0.25, -0.2) is 4.79 Å². The van der Waals surface area contributed by atoms with Crippen molar-refractivity contribution in [1.82, 2.24) is 19.6 Å². The van der Waals surface area contributed by atoms with Crippen molar-refractivity contribution in [2.45, 2.75) is 25.6 Å². The summed E-state index contributed by atoms with van der Waals surface area (Å²) in [5.41, 5.74) is 1.16. The van der Waals surface area contributed by atoms with E-state index in [0.29, 0.717) is 19.0 Å². The maximum Gasteiger partial charge on any atom is 0.332 e. The summed E-state index contributed by atoms with van der Waals surface area (Å²) in [5.74, 6) is 0.655. The second-order valence-corrected chi connectivity index (χ2v) is 6.27. The molecule has 1 aliphatic rings. The largest absolute Gasteiger partial charge is 0.378 e. The molecule has 9 heteroatoms. The smallest absolute Gasteiger partial charge is 0.332 e. The van der Waals surface area contributed by atoms with Crippen LogP contribution in [0.3, 0.4) is 0 Å². The monoisotopic (exact) mass is 349 g/mol. The molecule has 1 N–H and O–H groups in total. The highest BCUT2D eigenvalue weighted by molar-refractivity contribution is 5.40. The molecule has 1 saturated heterocycles. The molecule has 1 fully saturated rings. The van der Waals surface area contributed by atoms with Gasteiger partial charge in [0.15, 0.2) is 0 Å². The predicted molar refractivity (Wildman–Crippen MR) is 91.6 cm³/mol. The SMILES string of the molecule is COCc1nocc1CN[C@H]1CCN(c2cc(=O)n(C)c(=O)n2C)C1. The third-order valence-corrected chi connectivity index (χ3v) is 4.60. The van der Waals surface area contributed by atoms with Crippen LogP contribution in [-0.4, -0.2) is 40.5 Å². The van der Waals surface area contributed by atoms with Crippen LogP contribution in [0.4, 0.5) is 5.82 Å². The molecule has 0 aromatic carbocycles. The fourth-order valence-electron chi connectivity index (χ4n) is 3.09. The van der Waals surface area contributed by atoms with E-state index in [1.165, 1.54) is 17.7 Å². The molecule has 0 aliphatic carbocycles. The fraction of sp³-hybridized carbons (Fsp3) is 0.562. The van der Waals surface area contributed by atoms with Gasteiger partial charge in [0.25, 0.3) is 5.56 Å². The van der Waals surface area contributed by atoms with Gasteiger partial charge in [-0.2, -0.15) is 0 Å². The van der Waals surface area contributed by atoms with E-state index in [1.54, 1.807) is 20.4 Å². The lowest BCUT2D eigenvalue weighted by Gasteiger charge is -2.21. The minimum atomic E-state index is -0.312. The number of nitrogens with one attached hydrogen (secondary N) is 1. The van der Waals surface area contributed by atoms with Crippen LogP contribution in [0.1, 0.15) is 17.7 Å². The number of hydrogen-bond acceptors (Lipinski definition) is 7. The standard InChI is InChI=1S/C16H23N5O4/c1-19-14(6-15(22)20(2)16(19)23)21-5-4-12(8-21)17-7-11-9-25-18-13(11)10-24-3/h6,9,12,17H,4-5,7-8,10H2,1-3H3/t12-/m0/s1. The number of aromatic nitrogens is 3. The molecule has 0 amide bonds. The summed E-state index contributed by atoms with van der Waals surface area (Å²) < 4.78 is 12.7. The predicted octanol–water partition coefficient (Wildman–Crippen LogP) is -0.413. The minimum Gasteiger partial charge on any atom is -0.378 e. The van der Waals surface area contributed by atoms with E-state index in [0.717, 1.165) is 35.3 Å². The summed E-state index contributed by atoms with van der Waals surface area (Å²) in [6.07, 6.45) is 2.55. The van der Waals surface area contributed by atoms with E-state index in [2.05, 4.69) is 15.4 Å². The molecule has 2 aromatic heterocycles. The topological polar surface area (TPSA) is 94.5 Å². The minimum absolute atomic E-state index is 0.254. The van der Waals surface area contributed by atoms with E-state index >= 15 is 0 Å². The Balaban J connectivity index is 1.65. The van der Waals surface area contributed by atoms with Crippen LogP contribution in [0, 0.1) is 0 Å². The summed E-state index contributed by atoms with van der Waals surface area (Å²) >= 11 is 0. The zero-order valence-corrected chi connectivity index (χ0v) is 14.7. The Morgan fingerprint density at radius 2 is 2.16 bits per heavy atom. The molecule has 0 unspecified atom stereocenters. The molecule has 0 radical (unpaired) electrons. The Hall–Kier alpha value is -2.39. The van der Waals surface area contributed by atoms with Gasteiger partial charge >= 0.3 is 5.69 Å². The number of anilines is 1. The molecular weight excluding hydrogens is 326 g/mol. The first-order chi connectivity index (χ1) is 12.0. The Bertz CT molecular complexity index is 853. The van der Waals surface area contributed by atoms with Crippen molar-refractivity contribution < 1.29 is 9.26 Å². The molecule has 3 heterocycles. The van der Waals surface area contributed by atoms with Gasteiger partial charge in [0, 0.05) is 58.5 Å². The molecular formula is C16H23N5O4. The van der Waals surface area contributed by atoms with E-state index in [9.17, 15) is 9.59 Å². The summed E-state index contributed by atoms with van der Waals surface area (Å²) in [7, 11) is 4.79. The van der Waals surface area contributed by atoms with Gasteiger partial charge in [0.05, 0.1) is 6.61 Å². The average Bonchev–Trinajstić information content (AvgIpc) is 3.24. The number of hydrogen-bond donors (Lipinski definition) is 1. The van der Waals surface area contributed by atoms with Gasteiger partial charge in [0.1, 0.15) is 17.8 Å². The number of nitrogens with zero attached hydrogens (tertiary/aromatic N) is 4. The van der Waals surface area contributed by atoms with Crippen LogP contribution in [0.2, 0.25) is 0 Å². The van der Waals surface area contributed by atoms with E-state index in [-0.39, 0.29) is 17.3 Å². The van der Waals surface area contributed by atoms with Gasteiger partial charge in [-0.1, -0.05) is 5.16 Å². The quantitative estimate of drug-likeness (QED) is 0.757. The van der Waals surface area contributed by atoms with Crippen molar-refractivity contribution in [1.29, 1.82) is 0 Å². The van der Waals surface area contributed by atoms with Crippen LogP contribution in [0.15, 0.2) is 26.4 Å². The highest BCUT2D eigenvalue weighted by Crippen LogP contribution is 2.18. The first-order valence-electron chi connectivity index (χ1n) is 8.17. The average molecular weight is 349 g/mol. The summed E-state index contributed by atoms with van der Waals surface area (Å²) in [6, 6.07) is 1.77. The summed E-state index contributed by atoms with van der Waals surface area (Å²) in [4.78, 5) is 26.1. The van der Waals surface area contributed by atoms with Crippen molar-refractivity contribution >= 4 is 5.82 Å². The Kier molecular flexibility index (Phi) is 5.05. The first-order valence-corrected chi connectivity index (χ1v) is 8.17. The van der Waals surface area contributed by atoms with Crippen molar-refractivity contribution in [3.8, 4) is 0 Å². The van der Waals surface area contributed by atoms with Crippen LogP contribution >= 0.6 is 0 Å². The van der Waals surface area contributed by atoms with Crippen molar-refractivity contribution in [3.05, 3.63) is 44.4 Å². The van der Waals surface area contributed by atoms with Crippen molar-refractivity contribution in [2.75, 3.05) is 25.1 Å². The molecule has 9 nitrogen and oxygen atoms in total. The first kappa shape index (κ1) is 17.4. The molecule has 0 saturated carbocycles. The van der Waals surface area contributed by atoms with Crippen molar-refractivity contribution in [3.63, 3.8) is 0 Å². The van der Waals surface area contributed by atoms with Crippen LogP contribution < -0.4 is 21.5 Å².